The number of fused-ring (bicyclic) bond motifs is 2. The highest BCUT2D eigenvalue weighted by Crippen LogP contribution is 2.39. The van der Waals surface area contributed by atoms with Gasteiger partial charge in [0.25, 0.3) is 5.91 Å². The predicted octanol–water partition coefficient (Wildman–Crippen LogP) is 3.27. The molecule has 4 rings (SSSR count). The van der Waals surface area contributed by atoms with Gasteiger partial charge in [-0.25, -0.2) is 4.79 Å². The molecule has 0 fully saturated rings. The van der Waals surface area contributed by atoms with Gasteiger partial charge in [0.2, 0.25) is 6.79 Å². The van der Waals surface area contributed by atoms with Crippen molar-refractivity contribution in [3.8, 4) is 11.5 Å². The molecule has 1 aliphatic heterocycles. The van der Waals surface area contributed by atoms with Crippen molar-refractivity contribution in [3.05, 3.63) is 39.8 Å². The molecule has 0 bridgehead atoms. The van der Waals surface area contributed by atoms with E-state index in [1.807, 2.05) is 0 Å². The number of nitrogens with one attached hydrogen (secondary N) is 2. The second-order valence-electron chi connectivity index (χ2n) is 6.26. The number of anilines is 1. The van der Waals surface area contributed by atoms with E-state index >= 15 is 0 Å². The molecule has 1 aromatic heterocycles. The second kappa shape index (κ2) is 7.76. The maximum atomic E-state index is 12.5. The van der Waals surface area contributed by atoms with E-state index in [1.54, 1.807) is 25.1 Å². The normalized spacial score (nSPS) is 13.8. The number of carbonyl (C=O) groups is 2. The van der Waals surface area contributed by atoms with Crippen molar-refractivity contribution < 1.29 is 23.8 Å². The lowest BCUT2D eigenvalue weighted by Gasteiger charge is -2.11. The zero-order chi connectivity index (χ0) is 19.7. The van der Waals surface area contributed by atoms with Gasteiger partial charge in [-0.2, -0.15) is 0 Å². The number of thiophene rings is 1. The van der Waals surface area contributed by atoms with E-state index in [2.05, 4.69) is 10.6 Å². The Morgan fingerprint density at radius 1 is 1.25 bits per heavy atom. The van der Waals surface area contributed by atoms with Gasteiger partial charge in [0.05, 0.1) is 12.2 Å². The van der Waals surface area contributed by atoms with Gasteiger partial charge in [-0.15, -0.1) is 11.3 Å². The minimum atomic E-state index is -0.377. The number of thiocarbonyl (C=S) groups is 1. The number of rotatable bonds is 4. The summed E-state index contributed by atoms with van der Waals surface area (Å²) in [6.07, 6.45) is 2.81. The first-order valence-corrected chi connectivity index (χ1v) is 10.1. The lowest BCUT2D eigenvalue weighted by Crippen LogP contribution is -2.34. The fourth-order valence-electron chi connectivity index (χ4n) is 3.26. The number of amides is 1. The first-order chi connectivity index (χ1) is 13.6. The third-order valence-corrected chi connectivity index (χ3v) is 5.90. The Morgan fingerprint density at radius 3 is 2.89 bits per heavy atom. The van der Waals surface area contributed by atoms with Crippen LogP contribution in [0.2, 0.25) is 0 Å². The number of hydrogen-bond acceptors (Lipinski definition) is 7. The molecule has 0 saturated carbocycles. The third kappa shape index (κ3) is 3.55. The van der Waals surface area contributed by atoms with Gasteiger partial charge in [-0.1, -0.05) is 0 Å². The monoisotopic (exact) mass is 418 g/mol. The van der Waals surface area contributed by atoms with Gasteiger partial charge in [-0.05, 0) is 62.2 Å². The van der Waals surface area contributed by atoms with E-state index in [0.29, 0.717) is 34.2 Å². The maximum absolute atomic E-state index is 12.5. The van der Waals surface area contributed by atoms with Crippen LogP contribution in [0.15, 0.2) is 18.2 Å². The Hall–Kier alpha value is -2.65. The van der Waals surface area contributed by atoms with Crippen LogP contribution in [0.4, 0.5) is 5.00 Å². The molecule has 146 valence electrons. The molecule has 2 N–H and O–H groups in total. The van der Waals surface area contributed by atoms with E-state index in [4.69, 9.17) is 26.4 Å². The fraction of sp³-hybridized carbons (Fsp3) is 0.316. The lowest BCUT2D eigenvalue weighted by atomic mass is 10.1. The van der Waals surface area contributed by atoms with Crippen molar-refractivity contribution in [1.29, 1.82) is 0 Å². The van der Waals surface area contributed by atoms with E-state index in [9.17, 15) is 9.59 Å². The van der Waals surface area contributed by atoms with Gasteiger partial charge in [-0.3, -0.25) is 10.1 Å². The summed E-state index contributed by atoms with van der Waals surface area (Å²) in [5.74, 6) is 0.377. The molecule has 1 aromatic carbocycles. The first kappa shape index (κ1) is 18.7. The third-order valence-electron chi connectivity index (χ3n) is 4.49. The molecule has 0 saturated heterocycles. The Balaban J connectivity index is 1.48. The molecule has 0 spiro atoms. The summed E-state index contributed by atoms with van der Waals surface area (Å²) in [6.45, 7) is 2.21. The minimum Gasteiger partial charge on any atom is -0.462 e. The van der Waals surface area contributed by atoms with E-state index in [1.165, 1.54) is 11.3 Å². The summed E-state index contributed by atoms with van der Waals surface area (Å²) in [7, 11) is 0. The zero-order valence-corrected chi connectivity index (χ0v) is 16.8. The number of hydrogen-bond donors (Lipinski definition) is 2. The Bertz CT molecular complexity index is 969. The molecule has 28 heavy (non-hydrogen) atoms. The smallest absolute Gasteiger partial charge is 0.341 e. The predicted molar refractivity (Wildman–Crippen MR) is 109 cm³/mol. The molecule has 7 nitrogen and oxygen atoms in total. The summed E-state index contributed by atoms with van der Waals surface area (Å²) in [5, 5.41) is 6.36. The summed E-state index contributed by atoms with van der Waals surface area (Å²) >= 11 is 6.77. The summed E-state index contributed by atoms with van der Waals surface area (Å²) in [6, 6.07) is 4.91. The van der Waals surface area contributed by atoms with Gasteiger partial charge < -0.3 is 19.5 Å². The van der Waals surface area contributed by atoms with Crippen LogP contribution in [0, 0.1) is 0 Å². The summed E-state index contributed by atoms with van der Waals surface area (Å²) in [5.41, 5.74) is 1.95. The van der Waals surface area contributed by atoms with Crippen LogP contribution in [0.25, 0.3) is 0 Å². The average molecular weight is 418 g/mol. The molecular weight excluding hydrogens is 400 g/mol. The van der Waals surface area contributed by atoms with Crippen LogP contribution >= 0.6 is 23.6 Å². The number of carbonyl (C=O) groups excluding carboxylic acids is 2. The first-order valence-electron chi connectivity index (χ1n) is 8.90. The van der Waals surface area contributed by atoms with Crippen molar-refractivity contribution in [2.45, 2.75) is 26.2 Å². The molecule has 0 radical (unpaired) electrons. The van der Waals surface area contributed by atoms with Crippen molar-refractivity contribution in [2.75, 3.05) is 18.7 Å². The molecule has 2 heterocycles. The molecule has 0 unspecified atom stereocenters. The molecule has 2 aliphatic rings. The van der Waals surface area contributed by atoms with Gasteiger partial charge >= 0.3 is 5.97 Å². The zero-order valence-electron chi connectivity index (χ0n) is 15.1. The molecule has 0 atom stereocenters. The SMILES string of the molecule is CCOC(=O)c1c(NC(=S)NC(=O)c2ccc3c(c2)OCO3)sc2c1CCC2. The average Bonchev–Trinajstić information content (AvgIpc) is 3.36. The molecule has 9 heteroatoms. The van der Waals surface area contributed by atoms with Crippen molar-refractivity contribution in [3.63, 3.8) is 0 Å². The largest absolute Gasteiger partial charge is 0.462 e. The Labute approximate surface area is 171 Å². The van der Waals surface area contributed by atoms with Crippen LogP contribution in [-0.4, -0.2) is 30.4 Å². The lowest BCUT2D eigenvalue weighted by molar-refractivity contribution is 0.0527. The standard InChI is InChI=1S/C19H18N2O5S2/c1-2-24-18(23)15-11-4-3-5-14(11)28-17(15)21-19(27)20-16(22)10-6-7-12-13(8-10)26-9-25-12/h6-8H,2-5,9H2,1H3,(H2,20,21,22,27). The molecule has 1 amide bonds. The van der Waals surface area contributed by atoms with Crippen LogP contribution in [0.5, 0.6) is 11.5 Å². The van der Waals surface area contributed by atoms with Crippen LogP contribution in [0.3, 0.4) is 0 Å². The van der Waals surface area contributed by atoms with E-state index < -0.39 is 0 Å². The number of benzene rings is 1. The Kier molecular flexibility index (Phi) is 5.19. The van der Waals surface area contributed by atoms with Crippen LogP contribution in [-0.2, 0) is 17.6 Å². The molecule has 2 aromatic rings. The quantitative estimate of drug-likeness (QED) is 0.582. The topological polar surface area (TPSA) is 85.9 Å². The van der Waals surface area contributed by atoms with E-state index in [0.717, 1.165) is 29.7 Å². The second-order valence-corrected chi connectivity index (χ2v) is 7.77. The van der Waals surface area contributed by atoms with Gasteiger partial charge in [0, 0.05) is 10.4 Å². The van der Waals surface area contributed by atoms with Gasteiger partial charge in [0.1, 0.15) is 5.00 Å². The number of ether oxygens (including phenoxy) is 3. The number of aryl methyl sites for hydroxylation is 1. The molecule has 1 aliphatic carbocycles. The van der Waals surface area contributed by atoms with Crippen LogP contribution in [0.1, 0.15) is 44.5 Å². The number of esters is 1. The highest BCUT2D eigenvalue weighted by molar-refractivity contribution is 7.80. The van der Waals surface area contributed by atoms with Crippen molar-refractivity contribution in [1.82, 2.24) is 5.32 Å². The Morgan fingerprint density at radius 2 is 2.07 bits per heavy atom. The van der Waals surface area contributed by atoms with Crippen molar-refractivity contribution in [2.24, 2.45) is 0 Å². The van der Waals surface area contributed by atoms with Crippen molar-refractivity contribution >= 4 is 45.5 Å². The minimum absolute atomic E-state index is 0.119. The highest BCUT2D eigenvalue weighted by Gasteiger charge is 2.28. The summed E-state index contributed by atoms with van der Waals surface area (Å²) in [4.78, 5) is 26.1. The van der Waals surface area contributed by atoms with Gasteiger partial charge in [0.15, 0.2) is 16.6 Å². The van der Waals surface area contributed by atoms with E-state index in [-0.39, 0.29) is 23.8 Å². The molecular formula is C19H18N2O5S2. The summed E-state index contributed by atoms with van der Waals surface area (Å²) < 4.78 is 15.7. The van der Waals surface area contributed by atoms with Crippen LogP contribution < -0.4 is 20.1 Å². The highest BCUT2D eigenvalue weighted by atomic mass is 32.1. The fourth-order valence-corrected chi connectivity index (χ4v) is 4.80. The maximum Gasteiger partial charge on any atom is 0.341 e.